The van der Waals surface area contributed by atoms with Crippen LogP contribution in [-0.2, 0) is 0 Å². The average Bonchev–Trinajstić information content (AvgIpc) is 3.68. The molecule has 0 amide bonds. The third-order valence-electron chi connectivity index (χ3n) is 10.7. The Labute approximate surface area is 337 Å². The summed E-state index contributed by atoms with van der Waals surface area (Å²) in [5.41, 5.74) is 13.9. The highest BCUT2D eigenvalue weighted by Crippen LogP contribution is 2.50. The first kappa shape index (κ1) is 34.3. The molecule has 9 aromatic carbocycles. The number of anilines is 6. The molecule has 1 heterocycles. The second-order valence-electron chi connectivity index (χ2n) is 14.2. The molecular formula is C54H38N2S. The van der Waals surface area contributed by atoms with Crippen molar-refractivity contribution in [1.82, 2.24) is 0 Å². The zero-order valence-electron chi connectivity index (χ0n) is 31.2. The van der Waals surface area contributed by atoms with Crippen LogP contribution in [-0.4, -0.2) is 0 Å². The summed E-state index contributed by atoms with van der Waals surface area (Å²) < 4.78 is 2.55. The lowest BCUT2D eigenvalue weighted by molar-refractivity contribution is 1.28. The molecular weight excluding hydrogens is 709 g/mol. The van der Waals surface area contributed by atoms with Crippen molar-refractivity contribution < 1.29 is 0 Å². The molecule has 10 aromatic rings. The maximum absolute atomic E-state index is 2.44. The largest absolute Gasteiger partial charge is 0.311 e. The number of fused-ring (bicyclic) bond motifs is 3. The van der Waals surface area contributed by atoms with Gasteiger partial charge in [-0.3, -0.25) is 0 Å². The van der Waals surface area contributed by atoms with E-state index in [2.05, 4.69) is 240 Å². The predicted molar refractivity (Wildman–Crippen MR) is 245 cm³/mol. The van der Waals surface area contributed by atoms with E-state index >= 15 is 0 Å². The van der Waals surface area contributed by atoms with Gasteiger partial charge in [0.15, 0.2) is 0 Å². The Morgan fingerprint density at radius 2 is 0.649 bits per heavy atom. The maximum Gasteiger partial charge on any atom is 0.0718 e. The number of rotatable bonds is 9. The fraction of sp³-hybridized carbons (Fsp3) is 0. The Hall–Kier alpha value is -7.20. The first-order valence-electron chi connectivity index (χ1n) is 19.3. The summed E-state index contributed by atoms with van der Waals surface area (Å²) in [6, 6.07) is 82.9. The second kappa shape index (κ2) is 15.1. The molecule has 0 saturated carbocycles. The molecule has 0 aliphatic heterocycles. The molecule has 57 heavy (non-hydrogen) atoms. The van der Waals surface area contributed by atoms with E-state index in [-0.39, 0.29) is 0 Å². The zero-order valence-corrected chi connectivity index (χ0v) is 32.1. The molecule has 0 radical (unpaired) electrons. The Morgan fingerprint density at radius 1 is 0.263 bits per heavy atom. The molecule has 0 fully saturated rings. The quantitative estimate of drug-likeness (QED) is 0.145. The smallest absolute Gasteiger partial charge is 0.0718 e. The summed E-state index contributed by atoms with van der Waals surface area (Å²) in [6.07, 6.45) is 0. The van der Waals surface area contributed by atoms with Gasteiger partial charge >= 0.3 is 0 Å². The third-order valence-corrected chi connectivity index (χ3v) is 11.9. The number of benzene rings is 9. The van der Waals surface area contributed by atoms with Gasteiger partial charge in [-0.1, -0.05) is 164 Å². The summed E-state index contributed by atoms with van der Waals surface area (Å²) in [4.78, 5) is 4.78. The molecule has 0 bridgehead atoms. The van der Waals surface area contributed by atoms with Crippen LogP contribution in [0.15, 0.2) is 231 Å². The van der Waals surface area contributed by atoms with Crippen molar-refractivity contribution in [3.8, 4) is 33.4 Å². The van der Waals surface area contributed by atoms with Crippen LogP contribution in [0.3, 0.4) is 0 Å². The predicted octanol–water partition coefficient (Wildman–Crippen LogP) is 16.0. The number of hydrogen-bond donors (Lipinski definition) is 0. The van der Waals surface area contributed by atoms with Crippen molar-refractivity contribution in [2.45, 2.75) is 0 Å². The van der Waals surface area contributed by atoms with E-state index in [4.69, 9.17) is 0 Å². The first-order valence-corrected chi connectivity index (χ1v) is 20.2. The maximum atomic E-state index is 2.44. The lowest BCUT2D eigenvalue weighted by Gasteiger charge is -2.29. The van der Waals surface area contributed by atoms with E-state index in [0.29, 0.717) is 0 Å². The molecule has 1 aromatic heterocycles. The normalized spacial score (nSPS) is 11.2. The van der Waals surface area contributed by atoms with Gasteiger partial charge in [-0.15, -0.1) is 11.3 Å². The van der Waals surface area contributed by atoms with Gasteiger partial charge in [0.2, 0.25) is 0 Å². The Kier molecular flexibility index (Phi) is 9.11. The molecule has 0 aliphatic rings. The van der Waals surface area contributed by atoms with Crippen LogP contribution < -0.4 is 9.80 Å². The monoisotopic (exact) mass is 746 g/mol. The summed E-state index contributed by atoms with van der Waals surface area (Å²) in [6.45, 7) is 0. The Bertz CT molecular complexity index is 2910. The molecule has 270 valence electrons. The van der Waals surface area contributed by atoms with Gasteiger partial charge in [0.25, 0.3) is 0 Å². The van der Waals surface area contributed by atoms with Gasteiger partial charge in [-0.2, -0.15) is 0 Å². The summed E-state index contributed by atoms with van der Waals surface area (Å²) >= 11 is 1.87. The zero-order chi connectivity index (χ0) is 38.0. The minimum Gasteiger partial charge on any atom is -0.311 e. The standard InChI is InChI=1S/C54H38N2S/c1-5-15-39(16-6-1)41-25-31-46(32-26-41)55(44-19-9-3-10-20-44)47-35-29-43(30-36-47)49-37-38-51-50-23-13-14-24-52(50)57-54(51)53(49)56(45-21-11-4-12-22-45)48-33-27-42(28-34-48)40-17-7-2-8-18-40/h1-38H. The van der Waals surface area contributed by atoms with Crippen molar-refractivity contribution in [2.24, 2.45) is 0 Å². The average molecular weight is 747 g/mol. The molecule has 0 spiro atoms. The number of hydrogen-bond acceptors (Lipinski definition) is 3. The van der Waals surface area contributed by atoms with Crippen molar-refractivity contribution in [1.29, 1.82) is 0 Å². The van der Waals surface area contributed by atoms with Gasteiger partial charge < -0.3 is 9.80 Å². The van der Waals surface area contributed by atoms with Crippen LogP contribution in [0, 0.1) is 0 Å². The van der Waals surface area contributed by atoms with Gasteiger partial charge in [-0.25, -0.2) is 0 Å². The van der Waals surface area contributed by atoms with Crippen molar-refractivity contribution in [2.75, 3.05) is 9.80 Å². The van der Waals surface area contributed by atoms with Crippen LogP contribution in [0.2, 0.25) is 0 Å². The lowest BCUT2D eigenvalue weighted by Crippen LogP contribution is -2.11. The molecule has 0 unspecified atom stereocenters. The van der Waals surface area contributed by atoms with E-state index in [1.165, 1.54) is 53.7 Å². The summed E-state index contributed by atoms with van der Waals surface area (Å²) in [5.74, 6) is 0. The molecule has 0 aliphatic carbocycles. The summed E-state index contributed by atoms with van der Waals surface area (Å²) in [7, 11) is 0. The highest BCUT2D eigenvalue weighted by Gasteiger charge is 2.23. The SMILES string of the molecule is c1ccc(-c2ccc(N(c3ccccc3)c3ccc(-c4ccc5c(sc6ccccc65)c4N(c4ccccc4)c4ccc(-c5ccccc5)cc4)cc3)cc2)cc1. The van der Waals surface area contributed by atoms with Gasteiger partial charge in [0.1, 0.15) is 0 Å². The summed E-state index contributed by atoms with van der Waals surface area (Å²) in [5, 5.41) is 2.55. The van der Waals surface area contributed by atoms with E-state index in [0.717, 1.165) is 34.0 Å². The van der Waals surface area contributed by atoms with E-state index < -0.39 is 0 Å². The fourth-order valence-corrected chi connectivity index (χ4v) is 9.14. The van der Waals surface area contributed by atoms with Crippen LogP contribution in [0.4, 0.5) is 34.1 Å². The molecule has 3 heteroatoms. The highest BCUT2D eigenvalue weighted by molar-refractivity contribution is 7.26. The van der Waals surface area contributed by atoms with Gasteiger partial charge in [0.05, 0.1) is 10.4 Å². The molecule has 0 saturated heterocycles. The van der Waals surface area contributed by atoms with E-state index in [1.807, 2.05) is 11.3 Å². The number of thiophene rings is 1. The fourth-order valence-electron chi connectivity index (χ4n) is 7.90. The van der Waals surface area contributed by atoms with Crippen molar-refractivity contribution in [3.05, 3.63) is 231 Å². The highest BCUT2D eigenvalue weighted by atomic mass is 32.1. The van der Waals surface area contributed by atoms with Crippen LogP contribution in [0.5, 0.6) is 0 Å². The van der Waals surface area contributed by atoms with Crippen LogP contribution in [0.1, 0.15) is 0 Å². The molecule has 0 N–H and O–H groups in total. The topological polar surface area (TPSA) is 6.48 Å². The number of para-hydroxylation sites is 2. The van der Waals surface area contributed by atoms with E-state index in [9.17, 15) is 0 Å². The molecule has 0 atom stereocenters. The minimum absolute atomic E-state index is 1.10. The van der Waals surface area contributed by atoms with Crippen LogP contribution in [0.25, 0.3) is 53.6 Å². The van der Waals surface area contributed by atoms with Crippen LogP contribution >= 0.6 is 11.3 Å². The minimum atomic E-state index is 1.10. The lowest BCUT2D eigenvalue weighted by atomic mass is 9.98. The first-order chi connectivity index (χ1) is 28.3. The second-order valence-corrected chi connectivity index (χ2v) is 15.2. The van der Waals surface area contributed by atoms with E-state index in [1.54, 1.807) is 0 Å². The number of nitrogens with zero attached hydrogens (tertiary/aromatic N) is 2. The molecule has 10 rings (SSSR count). The van der Waals surface area contributed by atoms with Gasteiger partial charge in [0, 0.05) is 49.5 Å². The van der Waals surface area contributed by atoms with Crippen molar-refractivity contribution >= 4 is 65.6 Å². The Balaban J connectivity index is 1.12. The third kappa shape index (κ3) is 6.65. The Morgan fingerprint density at radius 3 is 1.18 bits per heavy atom. The van der Waals surface area contributed by atoms with Gasteiger partial charge in [-0.05, 0) is 94.5 Å². The van der Waals surface area contributed by atoms with Crippen molar-refractivity contribution in [3.63, 3.8) is 0 Å². The molecule has 2 nitrogen and oxygen atoms in total.